The van der Waals surface area contributed by atoms with Gasteiger partial charge in [-0.3, -0.25) is 27.7 Å². The van der Waals surface area contributed by atoms with E-state index >= 15 is 0 Å². The molecule has 0 amide bonds. The fraction of sp³-hybridized carbons (Fsp3) is 0.463. The lowest BCUT2D eigenvalue weighted by molar-refractivity contribution is -0.148. The van der Waals surface area contributed by atoms with E-state index < -0.39 is 46.8 Å². The predicted octanol–water partition coefficient (Wildman–Crippen LogP) is 11.0. The van der Waals surface area contributed by atoms with Crippen LogP contribution in [0.3, 0.4) is 0 Å². The lowest BCUT2D eigenvalue weighted by Crippen LogP contribution is -2.32. The number of carbonyl (C=O) groups is 2. The number of unbranched alkanes of at least 4 members (excludes halogenated alkanes) is 2. The van der Waals surface area contributed by atoms with Crippen molar-refractivity contribution in [2.45, 2.75) is 98.0 Å². The first-order chi connectivity index (χ1) is 25.3. The summed E-state index contributed by atoms with van der Waals surface area (Å²) in [7, 11) is -8.10. The molecule has 0 heterocycles. The van der Waals surface area contributed by atoms with Crippen LogP contribution in [0.4, 0.5) is 0 Å². The summed E-state index contributed by atoms with van der Waals surface area (Å²) in [6, 6.07) is 18.4. The van der Waals surface area contributed by atoms with Crippen molar-refractivity contribution in [1.82, 2.24) is 0 Å². The Morgan fingerprint density at radius 1 is 0.830 bits per heavy atom. The Bertz CT molecular complexity index is 1750. The average Bonchev–Trinajstić information content (AvgIpc) is 3.08. The second-order valence-electron chi connectivity index (χ2n) is 13.8. The first-order valence-corrected chi connectivity index (χ1v) is 21.7. The normalized spacial score (nSPS) is 21.0. The predicted molar refractivity (Wildman–Crippen MR) is 206 cm³/mol. The second kappa shape index (κ2) is 20.2. The van der Waals surface area contributed by atoms with Gasteiger partial charge in [-0.05, 0) is 69.1 Å². The van der Waals surface area contributed by atoms with Gasteiger partial charge in [0.1, 0.15) is 5.76 Å². The van der Waals surface area contributed by atoms with E-state index in [2.05, 4.69) is 26.5 Å². The minimum atomic E-state index is -4.07. The van der Waals surface area contributed by atoms with Crippen LogP contribution in [0.2, 0.25) is 0 Å². The van der Waals surface area contributed by atoms with Crippen LogP contribution in [0, 0.1) is 11.8 Å². The van der Waals surface area contributed by atoms with Gasteiger partial charge in [-0.2, -0.15) is 0 Å². The van der Waals surface area contributed by atoms with Crippen molar-refractivity contribution in [3.63, 3.8) is 0 Å². The Hall–Kier alpha value is -3.52. The number of carbonyl (C=O) groups excluding carboxylic acids is 2. The maximum absolute atomic E-state index is 14.9. The molecule has 0 saturated carbocycles. The highest BCUT2D eigenvalue weighted by molar-refractivity contribution is 7.53. The van der Waals surface area contributed by atoms with Crippen LogP contribution in [0.25, 0.3) is 0 Å². The number of benzene rings is 2. The van der Waals surface area contributed by atoms with Crippen LogP contribution >= 0.6 is 15.2 Å². The molecular formula is C41H54O10P2. The molecular weight excluding hydrogens is 714 g/mol. The smallest absolute Gasteiger partial charge is 0.386 e. The zero-order chi connectivity index (χ0) is 38.4. The van der Waals surface area contributed by atoms with Gasteiger partial charge in [-0.1, -0.05) is 110 Å². The number of esters is 2. The highest BCUT2D eigenvalue weighted by Gasteiger charge is 2.42. The summed E-state index contributed by atoms with van der Waals surface area (Å²) < 4.78 is 64.9. The summed E-state index contributed by atoms with van der Waals surface area (Å²) in [6.07, 6.45) is 8.73. The van der Waals surface area contributed by atoms with Crippen LogP contribution < -0.4 is 0 Å². The van der Waals surface area contributed by atoms with E-state index in [1.165, 1.54) is 13.8 Å². The molecule has 0 aromatic heterocycles. The summed E-state index contributed by atoms with van der Waals surface area (Å²) in [5.74, 6) is -1.22. The van der Waals surface area contributed by atoms with Crippen molar-refractivity contribution < 1.29 is 46.3 Å². The van der Waals surface area contributed by atoms with E-state index in [0.717, 1.165) is 54.4 Å². The first kappa shape index (κ1) is 42.2. The number of rotatable bonds is 20. The summed E-state index contributed by atoms with van der Waals surface area (Å²) in [5, 5.41) is 0. The minimum Gasteiger partial charge on any atom is -0.438 e. The zero-order valence-corrected chi connectivity index (χ0v) is 33.4. The van der Waals surface area contributed by atoms with Crippen LogP contribution in [-0.4, -0.2) is 31.6 Å². The molecule has 0 N–H and O–H groups in total. The molecule has 4 rings (SSSR count). The highest BCUT2D eigenvalue weighted by Crippen LogP contribution is 2.59. The Kier molecular flexibility index (Phi) is 16.1. The van der Waals surface area contributed by atoms with Crippen molar-refractivity contribution in [3.05, 3.63) is 119 Å². The van der Waals surface area contributed by atoms with Crippen LogP contribution in [0.1, 0.15) is 90.7 Å². The second-order valence-corrected chi connectivity index (χ2v) is 17.8. The Balaban J connectivity index is 1.90. The molecule has 2 aliphatic carbocycles. The fourth-order valence-electron chi connectivity index (χ4n) is 6.65. The molecule has 0 aliphatic heterocycles. The summed E-state index contributed by atoms with van der Waals surface area (Å²) in [4.78, 5) is 23.4. The van der Waals surface area contributed by atoms with E-state index in [-0.39, 0.29) is 24.2 Å². The number of ether oxygens (including phenoxy) is 2. The largest absolute Gasteiger partial charge is 0.438 e. The quantitative estimate of drug-likeness (QED) is 0.0423. The third kappa shape index (κ3) is 13.4. The van der Waals surface area contributed by atoms with Crippen LogP contribution in [0.5, 0.6) is 0 Å². The molecule has 0 spiro atoms. The van der Waals surface area contributed by atoms with Gasteiger partial charge in [0.25, 0.3) is 0 Å². The molecule has 5 unspecified atom stereocenters. The van der Waals surface area contributed by atoms with Crippen molar-refractivity contribution in [1.29, 1.82) is 0 Å². The maximum Gasteiger partial charge on any atom is 0.386 e. The Morgan fingerprint density at radius 2 is 1.40 bits per heavy atom. The molecule has 0 bridgehead atoms. The van der Waals surface area contributed by atoms with Gasteiger partial charge in [-0.15, -0.1) is 0 Å². The lowest BCUT2D eigenvalue weighted by Gasteiger charge is -2.39. The van der Waals surface area contributed by atoms with Gasteiger partial charge >= 0.3 is 27.1 Å². The maximum atomic E-state index is 14.9. The van der Waals surface area contributed by atoms with E-state index in [1.54, 1.807) is 0 Å². The van der Waals surface area contributed by atoms with Crippen molar-refractivity contribution in [3.8, 4) is 0 Å². The molecule has 2 aromatic rings. The van der Waals surface area contributed by atoms with Crippen molar-refractivity contribution in [2.24, 2.45) is 11.8 Å². The van der Waals surface area contributed by atoms with Crippen LogP contribution in [-0.2, 0) is 58.6 Å². The molecule has 0 saturated heterocycles. The number of allylic oxidation sites excluding steroid dienone is 4. The summed E-state index contributed by atoms with van der Waals surface area (Å²) >= 11 is 0. The third-order valence-corrected chi connectivity index (χ3v) is 12.8. The van der Waals surface area contributed by atoms with Gasteiger partial charge in [0.05, 0.1) is 18.4 Å². The standard InChI is InChI=1S/C41H54O10P2/c1-7-8-11-20-36-24-39(50-52(44,48-28-46-32(5)42)26-34-16-12-9-13-17-34)41(38-23-31(4)21-22-37(38)30(2)3)40(25-36)51-53(45,49-29-47-33(6)43)27-35-18-14-10-15-19-35/h9-10,12-19,23-24,37-38,40H,2,7-8,11,20-22,25-29H2,1,3-6H3. The average molecular weight is 769 g/mol. The summed E-state index contributed by atoms with van der Waals surface area (Å²) in [5.41, 5.74) is 5.14. The molecule has 53 heavy (non-hydrogen) atoms. The fourth-order valence-corrected chi connectivity index (χ4v) is 9.86. The molecule has 10 nitrogen and oxygen atoms in total. The van der Waals surface area contributed by atoms with Gasteiger partial charge in [0.2, 0.25) is 13.6 Å². The molecule has 2 aromatic carbocycles. The molecule has 0 radical (unpaired) electrons. The molecule has 0 fully saturated rings. The molecule has 288 valence electrons. The van der Waals surface area contributed by atoms with Gasteiger partial charge in [0, 0.05) is 25.3 Å². The van der Waals surface area contributed by atoms with Crippen molar-refractivity contribution >= 4 is 27.1 Å². The third-order valence-electron chi connectivity index (χ3n) is 9.24. The highest BCUT2D eigenvalue weighted by atomic mass is 31.2. The SMILES string of the molecule is C=C(C)C1CCC(C)=CC1C1=C(OP(=O)(Cc2ccccc2)OCOC(C)=O)C=C(CCCCC)CC1OP(=O)(Cc1ccccc1)OCOC(C)=O. The zero-order valence-electron chi connectivity index (χ0n) is 31.6. The summed E-state index contributed by atoms with van der Waals surface area (Å²) in [6.45, 7) is 11.9. The molecule has 12 heteroatoms. The monoisotopic (exact) mass is 768 g/mol. The van der Waals surface area contributed by atoms with E-state index in [4.69, 9.17) is 27.6 Å². The van der Waals surface area contributed by atoms with E-state index in [0.29, 0.717) is 29.7 Å². The minimum absolute atomic E-state index is 0.0283. The topological polar surface area (TPSA) is 124 Å². The Morgan fingerprint density at radius 3 is 1.94 bits per heavy atom. The molecule has 2 aliphatic rings. The van der Waals surface area contributed by atoms with Gasteiger partial charge in [0.15, 0.2) is 0 Å². The number of hydrogen-bond acceptors (Lipinski definition) is 10. The lowest BCUT2D eigenvalue weighted by atomic mass is 9.70. The van der Waals surface area contributed by atoms with Crippen molar-refractivity contribution in [2.75, 3.05) is 13.6 Å². The van der Waals surface area contributed by atoms with Gasteiger partial charge < -0.3 is 14.0 Å². The Labute approximate surface area is 314 Å². The molecule has 5 atom stereocenters. The van der Waals surface area contributed by atoms with Gasteiger partial charge in [-0.25, -0.2) is 4.57 Å². The van der Waals surface area contributed by atoms with E-state index in [1.807, 2.05) is 73.7 Å². The van der Waals surface area contributed by atoms with Crippen LogP contribution in [0.15, 0.2) is 107 Å². The number of hydrogen-bond donors (Lipinski definition) is 0. The van der Waals surface area contributed by atoms with E-state index in [9.17, 15) is 18.7 Å². The first-order valence-electron chi connectivity index (χ1n) is 18.3.